The van der Waals surface area contributed by atoms with Crippen molar-refractivity contribution in [3.8, 4) is 17.0 Å². The Balaban J connectivity index is 0.000000266. The fourth-order valence-corrected chi connectivity index (χ4v) is 3.62. The van der Waals surface area contributed by atoms with Crippen LogP contribution in [-0.4, -0.2) is 29.7 Å². The summed E-state index contributed by atoms with van der Waals surface area (Å²) in [5, 5.41) is 0.768. The quantitative estimate of drug-likeness (QED) is 0.591. The molecule has 1 aromatic heterocycles. The molecule has 2 fully saturated rings. The molecule has 158 valence electrons. The van der Waals surface area contributed by atoms with Crippen molar-refractivity contribution >= 4 is 16.8 Å². The van der Waals surface area contributed by atoms with Gasteiger partial charge in [0, 0.05) is 10.9 Å². The number of rotatable bonds is 4. The maximum absolute atomic E-state index is 11.7. The Morgan fingerprint density at radius 3 is 2.30 bits per heavy atom. The highest BCUT2D eigenvalue weighted by atomic mass is 16.6. The molecule has 1 amide bonds. The first-order valence-corrected chi connectivity index (χ1v) is 10.7. The number of hydrogen-bond acceptors (Lipinski definition) is 4. The Bertz CT molecular complexity index is 977. The van der Waals surface area contributed by atoms with Gasteiger partial charge in [0.15, 0.2) is 0 Å². The second-order valence-electron chi connectivity index (χ2n) is 7.04. The van der Waals surface area contributed by atoms with Gasteiger partial charge in [0.05, 0.1) is 35.6 Å². The number of nitrogens with zero attached hydrogens (tertiary/aromatic N) is 1. The standard InChI is InChI=1S/C18H16N2O2.C5H8O.C2H6/c1-2-22-13-9-7-12(8-10-13)17-11-15(18(19)21)14-5-3-4-6-16(14)20-17;1-2-4-5(3-1)6-4;1-2/h3-11H,2H2,1H3,(H2,19,21);4-5H,1-3H2;1-2H3. The number of primary amides is 1. The summed E-state index contributed by atoms with van der Waals surface area (Å²) >= 11 is 0. The molecule has 1 saturated heterocycles. The van der Waals surface area contributed by atoms with Gasteiger partial charge in [-0.25, -0.2) is 4.98 Å². The first kappa shape index (κ1) is 21.8. The van der Waals surface area contributed by atoms with E-state index in [1.807, 2.05) is 69.3 Å². The van der Waals surface area contributed by atoms with Gasteiger partial charge < -0.3 is 15.2 Å². The zero-order chi connectivity index (χ0) is 21.5. The van der Waals surface area contributed by atoms with Crippen molar-refractivity contribution in [3.63, 3.8) is 0 Å². The number of hydrogen-bond donors (Lipinski definition) is 1. The van der Waals surface area contributed by atoms with Gasteiger partial charge in [-0.1, -0.05) is 32.0 Å². The minimum Gasteiger partial charge on any atom is -0.494 e. The summed E-state index contributed by atoms with van der Waals surface area (Å²) in [6.07, 6.45) is 5.51. The van der Waals surface area contributed by atoms with E-state index < -0.39 is 5.91 Å². The Hall–Kier alpha value is -2.92. The van der Waals surface area contributed by atoms with Crippen molar-refractivity contribution in [2.75, 3.05) is 6.61 Å². The highest BCUT2D eigenvalue weighted by Gasteiger charge is 2.42. The molecule has 2 N–H and O–H groups in total. The Morgan fingerprint density at radius 1 is 1.10 bits per heavy atom. The lowest BCUT2D eigenvalue weighted by molar-refractivity contribution is 0.100. The normalized spacial score (nSPS) is 18.4. The highest BCUT2D eigenvalue weighted by Crippen LogP contribution is 2.37. The van der Waals surface area contributed by atoms with E-state index in [0.717, 1.165) is 27.9 Å². The second-order valence-corrected chi connectivity index (χ2v) is 7.04. The summed E-state index contributed by atoms with van der Waals surface area (Å²) < 4.78 is 10.6. The van der Waals surface area contributed by atoms with Crippen molar-refractivity contribution in [2.45, 2.75) is 52.2 Å². The van der Waals surface area contributed by atoms with E-state index in [1.165, 1.54) is 19.3 Å². The molecule has 0 radical (unpaired) electrons. The molecule has 1 aliphatic carbocycles. The van der Waals surface area contributed by atoms with E-state index in [1.54, 1.807) is 6.07 Å². The number of amides is 1. The van der Waals surface area contributed by atoms with Crippen LogP contribution in [-0.2, 0) is 4.74 Å². The van der Waals surface area contributed by atoms with Gasteiger partial charge in [-0.2, -0.15) is 0 Å². The number of pyridine rings is 1. The molecule has 5 heteroatoms. The topological polar surface area (TPSA) is 77.7 Å². The van der Waals surface area contributed by atoms with Gasteiger partial charge in [-0.15, -0.1) is 0 Å². The maximum Gasteiger partial charge on any atom is 0.249 e. The van der Waals surface area contributed by atoms with Crippen molar-refractivity contribution in [2.24, 2.45) is 5.73 Å². The number of nitrogens with two attached hydrogens (primary N) is 1. The molecule has 2 atom stereocenters. The van der Waals surface area contributed by atoms with Crippen LogP contribution in [0.3, 0.4) is 0 Å². The van der Waals surface area contributed by atoms with E-state index in [4.69, 9.17) is 15.2 Å². The first-order valence-electron chi connectivity index (χ1n) is 10.7. The lowest BCUT2D eigenvalue weighted by atomic mass is 10.0. The smallest absolute Gasteiger partial charge is 0.249 e. The zero-order valence-corrected chi connectivity index (χ0v) is 17.9. The third-order valence-electron chi connectivity index (χ3n) is 5.11. The van der Waals surface area contributed by atoms with Gasteiger partial charge in [0.1, 0.15) is 5.75 Å². The highest BCUT2D eigenvalue weighted by molar-refractivity contribution is 6.06. The molecular formula is C25H30N2O3. The van der Waals surface area contributed by atoms with Crippen molar-refractivity contribution in [3.05, 3.63) is 60.2 Å². The summed E-state index contributed by atoms with van der Waals surface area (Å²) in [6, 6.07) is 16.8. The molecule has 2 aliphatic rings. The maximum atomic E-state index is 11.7. The monoisotopic (exact) mass is 406 g/mol. The number of para-hydroxylation sites is 1. The van der Waals surface area contributed by atoms with Crippen LogP contribution in [0.1, 0.15) is 50.4 Å². The number of carbonyl (C=O) groups excluding carboxylic acids is 1. The number of benzene rings is 2. The molecular weight excluding hydrogens is 376 g/mol. The van der Waals surface area contributed by atoms with Gasteiger partial charge in [-0.3, -0.25) is 4.79 Å². The lowest BCUT2D eigenvalue weighted by Crippen LogP contribution is -2.12. The number of epoxide rings is 1. The van der Waals surface area contributed by atoms with E-state index in [2.05, 4.69) is 4.98 Å². The minimum atomic E-state index is -0.453. The molecule has 0 bridgehead atoms. The van der Waals surface area contributed by atoms with Crippen LogP contribution in [0, 0.1) is 0 Å². The van der Waals surface area contributed by atoms with Crippen LogP contribution in [0.25, 0.3) is 22.2 Å². The molecule has 2 heterocycles. The van der Waals surface area contributed by atoms with Crippen LogP contribution in [0.15, 0.2) is 54.6 Å². The molecule has 2 unspecified atom stereocenters. The van der Waals surface area contributed by atoms with Crippen molar-refractivity contribution in [1.29, 1.82) is 0 Å². The molecule has 1 aliphatic heterocycles. The lowest BCUT2D eigenvalue weighted by Gasteiger charge is -2.08. The van der Waals surface area contributed by atoms with Crippen LogP contribution in [0.5, 0.6) is 5.75 Å². The molecule has 2 aromatic carbocycles. The van der Waals surface area contributed by atoms with E-state index in [0.29, 0.717) is 24.4 Å². The Morgan fingerprint density at radius 2 is 1.77 bits per heavy atom. The number of aromatic nitrogens is 1. The average molecular weight is 407 g/mol. The molecule has 5 nitrogen and oxygen atoms in total. The molecule has 30 heavy (non-hydrogen) atoms. The fraction of sp³-hybridized carbons (Fsp3) is 0.360. The van der Waals surface area contributed by atoms with Crippen molar-refractivity contribution < 1.29 is 14.3 Å². The summed E-state index contributed by atoms with van der Waals surface area (Å²) in [5.41, 5.74) is 8.37. The van der Waals surface area contributed by atoms with Crippen molar-refractivity contribution in [1.82, 2.24) is 4.98 Å². The SMILES string of the molecule is C1CC2OC2C1.CC.CCOc1ccc(-c2cc(C(N)=O)c3ccccc3n2)cc1. The fourth-order valence-electron chi connectivity index (χ4n) is 3.62. The average Bonchev–Trinajstić information content (AvgIpc) is 3.39. The third kappa shape index (κ3) is 5.16. The zero-order valence-electron chi connectivity index (χ0n) is 17.9. The Labute approximate surface area is 178 Å². The second kappa shape index (κ2) is 10.2. The van der Waals surface area contributed by atoms with Gasteiger partial charge in [0.25, 0.3) is 0 Å². The van der Waals surface area contributed by atoms with E-state index in [-0.39, 0.29) is 0 Å². The van der Waals surface area contributed by atoms with Crippen LogP contribution in [0.2, 0.25) is 0 Å². The third-order valence-corrected chi connectivity index (χ3v) is 5.11. The molecule has 1 saturated carbocycles. The van der Waals surface area contributed by atoms with Crippen LogP contribution in [0.4, 0.5) is 0 Å². The Kier molecular flexibility index (Phi) is 7.41. The molecule has 5 rings (SSSR count). The molecule has 0 spiro atoms. The molecule has 3 aromatic rings. The van der Waals surface area contributed by atoms with E-state index in [9.17, 15) is 4.79 Å². The predicted octanol–water partition coefficient (Wildman–Crippen LogP) is 5.36. The first-order chi connectivity index (χ1) is 14.7. The van der Waals surface area contributed by atoms with Gasteiger partial charge in [0.2, 0.25) is 5.91 Å². The number of carbonyl (C=O) groups is 1. The number of ether oxygens (including phenoxy) is 2. The van der Waals surface area contributed by atoms with Crippen LogP contribution >= 0.6 is 0 Å². The summed E-state index contributed by atoms with van der Waals surface area (Å²) in [7, 11) is 0. The number of fused-ring (bicyclic) bond motifs is 2. The minimum absolute atomic E-state index is 0.453. The summed E-state index contributed by atoms with van der Waals surface area (Å²) in [6.45, 7) is 6.57. The van der Waals surface area contributed by atoms with E-state index >= 15 is 0 Å². The largest absolute Gasteiger partial charge is 0.494 e. The van der Waals surface area contributed by atoms with Crippen LogP contribution < -0.4 is 10.5 Å². The predicted molar refractivity (Wildman–Crippen MR) is 121 cm³/mol. The summed E-state index contributed by atoms with van der Waals surface area (Å²) in [4.78, 5) is 16.3. The van der Waals surface area contributed by atoms with Gasteiger partial charge >= 0.3 is 0 Å². The van der Waals surface area contributed by atoms with Gasteiger partial charge in [-0.05, 0) is 62.6 Å². The summed E-state index contributed by atoms with van der Waals surface area (Å²) in [5.74, 6) is 0.355.